The molecule has 0 unspecified atom stereocenters. The monoisotopic (exact) mass is 379 g/mol. The lowest BCUT2D eigenvalue weighted by Crippen LogP contribution is -2.22. The van der Waals surface area contributed by atoms with Gasteiger partial charge in [-0.05, 0) is 33.6 Å². The molecule has 0 radical (unpaired) electrons. The van der Waals surface area contributed by atoms with Gasteiger partial charge in [0.05, 0.1) is 14.3 Å². The molecule has 23 heavy (non-hydrogen) atoms. The first-order valence-corrected chi connectivity index (χ1v) is 7.13. The van der Waals surface area contributed by atoms with Gasteiger partial charge >= 0.3 is 0 Å². The molecule has 0 aliphatic heterocycles. The van der Waals surface area contributed by atoms with Crippen molar-refractivity contribution in [1.82, 2.24) is 5.32 Å². The molecule has 0 bridgehead atoms. The molecule has 0 saturated carbocycles. The number of amides is 1. The smallest absolute Gasteiger partial charge is 0.284 e. The quantitative estimate of drug-likeness (QED) is 0.632. The highest BCUT2D eigenvalue weighted by molar-refractivity contribution is 9.10. The normalized spacial score (nSPS) is 10.1. The highest BCUT2D eigenvalue weighted by Gasteiger charge is 2.15. The van der Waals surface area contributed by atoms with Crippen LogP contribution >= 0.6 is 15.9 Å². The maximum Gasteiger partial charge on any atom is 0.284 e. The number of carbonyl (C=O) groups is 1. The number of nitro benzene ring substituents is 2. The zero-order valence-corrected chi connectivity index (χ0v) is 13.1. The second kappa shape index (κ2) is 6.97. The number of non-ortho nitro benzene ring substituents is 1. The standard InChI is InChI=1S/C14H10BrN3O5/c15-12-6-3-10(7-13(12)18(22)23)14(19)16-8-9-1-4-11(5-2-9)17(20)21/h1-7H,8H2,(H,16,19). The van der Waals surface area contributed by atoms with E-state index in [-0.39, 0.29) is 28.0 Å². The Hall–Kier alpha value is -2.81. The summed E-state index contributed by atoms with van der Waals surface area (Å²) in [5, 5.41) is 24.0. The molecule has 0 aromatic heterocycles. The van der Waals surface area contributed by atoms with Crippen molar-refractivity contribution in [3.63, 3.8) is 0 Å². The molecule has 0 aliphatic carbocycles. The minimum Gasteiger partial charge on any atom is -0.348 e. The van der Waals surface area contributed by atoms with Gasteiger partial charge in [-0.1, -0.05) is 12.1 Å². The fraction of sp³-hybridized carbons (Fsp3) is 0.0714. The van der Waals surface area contributed by atoms with Gasteiger partial charge in [0.15, 0.2) is 0 Å². The Labute approximate surface area is 138 Å². The summed E-state index contributed by atoms with van der Waals surface area (Å²) >= 11 is 3.05. The van der Waals surface area contributed by atoms with Crippen molar-refractivity contribution in [2.24, 2.45) is 0 Å². The number of benzene rings is 2. The Morgan fingerprint density at radius 1 is 1.04 bits per heavy atom. The lowest BCUT2D eigenvalue weighted by atomic mass is 10.1. The molecule has 2 aromatic rings. The maximum absolute atomic E-state index is 12.0. The van der Waals surface area contributed by atoms with E-state index in [1.807, 2.05) is 0 Å². The van der Waals surface area contributed by atoms with E-state index in [1.165, 1.54) is 42.5 Å². The second-order valence-electron chi connectivity index (χ2n) is 4.53. The Bertz CT molecular complexity index is 776. The summed E-state index contributed by atoms with van der Waals surface area (Å²) in [5.74, 6) is -0.473. The van der Waals surface area contributed by atoms with E-state index in [0.29, 0.717) is 5.56 Å². The molecular weight excluding hydrogens is 370 g/mol. The third-order valence-electron chi connectivity index (χ3n) is 3.01. The van der Waals surface area contributed by atoms with Crippen molar-refractivity contribution >= 4 is 33.2 Å². The first-order valence-electron chi connectivity index (χ1n) is 6.34. The first kappa shape index (κ1) is 16.6. The van der Waals surface area contributed by atoms with E-state index in [4.69, 9.17) is 0 Å². The van der Waals surface area contributed by atoms with Crippen LogP contribution in [0, 0.1) is 20.2 Å². The maximum atomic E-state index is 12.0. The second-order valence-corrected chi connectivity index (χ2v) is 5.38. The van der Waals surface area contributed by atoms with Crippen LogP contribution in [0.25, 0.3) is 0 Å². The Balaban J connectivity index is 2.06. The van der Waals surface area contributed by atoms with E-state index in [1.54, 1.807) is 0 Å². The van der Waals surface area contributed by atoms with E-state index < -0.39 is 15.8 Å². The summed E-state index contributed by atoms with van der Waals surface area (Å²) in [7, 11) is 0. The van der Waals surface area contributed by atoms with Crippen LogP contribution in [0.15, 0.2) is 46.9 Å². The number of nitrogens with zero attached hydrogens (tertiary/aromatic N) is 2. The van der Waals surface area contributed by atoms with Crippen LogP contribution in [0.2, 0.25) is 0 Å². The molecule has 0 spiro atoms. The Kier molecular flexibility index (Phi) is 5.02. The van der Waals surface area contributed by atoms with Crippen LogP contribution in [0.3, 0.4) is 0 Å². The van der Waals surface area contributed by atoms with Gasteiger partial charge in [-0.2, -0.15) is 0 Å². The van der Waals surface area contributed by atoms with Crippen molar-refractivity contribution in [1.29, 1.82) is 0 Å². The summed E-state index contributed by atoms with van der Waals surface area (Å²) in [6, 6.07) is 9.80. The number of nitro groups is 2. The molecule has 0 aliphatic rings. The minimum absolute atomic E-state index is 0.0383. The molecule has 118 valence electrons. The van der Waals surface area contributed by atoms with Gasteiger partial charge in [0.25, 0.3) is 17.3 Å². The zero-order chi connectivity index (χ0) is 17.0. The molecule has 0 heterocycles. The molecule has 9 heteroatoms. The predicted molar refractivity (Wildman–Crippen MR) is 85.1 cm³/mol. The highest BCUT2D eigenvalue weighted by atomic mass is 79.9. The molecule has 2 rings (SSSR count). The minimum atomic E-state index is -0.586. The Morgan fingerprint density at radius 3 is 2.26 bits per heavy atom. The van der Waals surface area contributed by atoms with Gasteiger partial charge in [-0.3, -0.25) is 25.0 Å². The summed E-state index contributed by atoms with van der Waals surface area (Å²) in [6.07, 6.45) is 0. The Morgan fingerprint density at radius 2 is 1.70 bits per heavy atom. The van der Waals surface area contributed by atoms with Crippen molar-refractivity contribution in [3.8, 4) is 0 Å². The average molecular weight is 380 g/mol. The van der Waals surface area contributed by atoms with Gasteiger partial charge < -0.3 is 5.32 Å². The highest BCUT2D eigenvalue weighted by Crippen LogP contribution is 2.25. The molecule has 1 N–H and O–H groups in total. The SMILES string of the molecule is O=C(NCc1ccc([N+](=O)[O-])cc1)c1ccc(Br)c([N+](=O)[O-])c1. The fourth-order valence-electron chi connectivity index (χ4n) is 1.81. The lowest BCUT2D eigenvalue weighted by Gasteiger charge is -2.06. The van der Waals surface area contributed by atoms with E-state index in [0.717, 1.165) is 0 Å². The van der Waals surface area contributed by atoms with Crippen LogP contribution in [-0.2, 0) is 6.54 Å². The van der Waals surface area contributed by atoms with Crippen LogP contribution < -0.4 is 5.32 Å². The van der Waals surface area contributed by atoms with Crippen LogP contribution in [-0.4, -0.2) is 15.8 Å². The number of hydrogen-bond donors (Lipinski definition) is 1. The van der Waals surface area contributed by atoms with Crippen LogP contribution in [0.1, 0.15) is 15.9 Å². The molecule has 0 saturated heterocycles. The number of halogens is 1. The molecule has 0 atom stereocenters. The van der Waals surface area contributed by atoms with Crippen molar-refractivity contribution in [3.05, 3.63) is 78.3 Å². The topological polar surface area (TPSA) is 115 Å². The van der Waals surface area contributed by atoms with Gasteiger partial charge in [0.1, 0.15) is 0 Å². The van der Waals surface area contributed by atoms with Crippen molar-refractivity contribution in [2.45, 2.75) is 6.54 Å². The molecule has 0 fully saturated rings. The van der Waals surface area contributed by atoms with Crippen molar-refractivity contribution < 1.29 is 14.6 Å². The third kappa shape index (κ3) is 4.10. The summed E-state index contributed by atoms with van der Waals surface area (Å²) in [6.45, 7) is 0.153. The summed E-state index contributed by atoms with van der Waals surface area (Å²) in [5.41, 5.74) is 0.592. The van der Waals surface area contributed by atoms with E-state index >= 15 is 0 Å². The lowest BCUT2D eigenvalue weighted by molar-refractivity contribution is -0.385. The predicted octanol–water partition coefficient (Wildman–Crippen LogP) is 3.20. The zero-order valence-electron chi connectivity index (χ0n) is 11.6. The fourth-order valence-corrected chi connectivity index (χ4v) is 2.21. The molecule has 1 amide bonds. The third-order valence-corrected chi connectivity index (χ3v) is 3.68. The summed E-state index contributed by atoms with van der Waals surface area (Å²) < 4.78 is 0.286. The van der Waals surface area contributed by atoms with Crippen LogP contribution in [0.4, 0.5) is 11.4 Å². The molecular formula is C14H10BrN3O5. The number of carbonyl (C=O) groups excluding carboxylic acids is 1. The van der Waals surface area contributed by atoms with Crippen molar-refractivity contribution in [2.75, 3.05) is 0 Å². The number of hydrogen-bond acceptors (Lipinski definition) is 5. The van der Waals surface area contributed by atoms with Gasteiger partial charge in [-0.15, -0.1) is 0 Å². The molecule has 8 nitrogen and oxygen atoms in total. The largest absolute Gasteiger partial charge is 0.348 e. The van der Waals surface area contributed by atoms with Gasteiger partial charge in [-0.25, -0.2) is 0 Å². The van der Waals surface area contributed by atoms with Gasteiger partial charge in [0, 0.05) is 30.3 Å². The average Bonchev–Trinajstić information content (AvgIpc) is 2.53. The molecule has 2 aromatic carbocycles. The number of rotatable bonds is 5. The first-order chi connectivity index (χ1) is 10.9. The number of nitrogens with one attached hydrogen (secondary N) is 1. The van der Waals surface area contributed by atoms with Gasteiger partial charge in [0.2, 0.25) is 0 Å². The summed E-state index contributed by atoms with van der Waals surface area (Å²) in [4.78, 5) is 32.3. The van der Waals surface area contributed by atoms with E-state index in [2.05, 4.69) is 21.2 Å². The van der Waals surface area contributed by atoms with Crippen LogP contribution in [0.5, 0.6) is 0 Å². The van der Waals surface area contributed by atoms with E-state index in [9.17, 15) is 25.0 Å².